The molecule has 0 saturated heterocycles. The van der Waals surface area contributed by atoms with Crippen LogP contribution in [0.2, 0.25) is 19.6 Å². The van der Waals surface area contributed by atoms with Gasteiger partial charge in [-0.1, -0.05) is 37.7 Å². The van der Waals surface area contributed by atoms with Crippen molar-refractivity contribution in [3.05, 3.63) is 12.2 Å². The minimum absolute atomic E-state index is 0.136. The predicted octanol–water partition coefficient (Wildman–Crippen LogP) is 3.20. The van der Waals surface area contributed by atoms with Crippen molar-refractivity contribution in [3.63, 3.8) is 0 Å². The number of carbonyl (C=O) groups is 1. The van der Waals surface area contributed by atoms with E-state index >= 15 is 0 Å². The van der Waals surface area contributed by atoms with Crippen LogP contribution in [-0.4, -0.2) is 26.6 Å². The Morgan fingerprint density at radius 2 is 2.17 bits per heavy atom. The lowest BCUT2D eigenvalue weighted by atomic mass is 10.1. The second-order valence-electron chi connectivity index (χ2n) is 6.11. The molecule has 0 N–H and O–H groups in total. The molecule has 1 fully saturated rings. The average Bonchev–Trinajstić information content (AvgIpc) is 2.92. The van der Waals surface area contributed by atoms with Gasteiger partial charge in [-0.05, 0) is 19.8 Å². The average molecular weight is 264 g/mol. The summed E-state index contributed by atoms with van der Waals surface area (Å²) in [5.41, 5.74) is 4.54. The molecule has 2 nitrogen and oxygen atoms in total. The fourth-order valence-corrected chi connectivity index (χ4v) is 2.42. The molecule has 0 aromatic rings. The van der Waals surface area contributed by atoms with Crippen molar-refractivity contribution in [1.82, 2.24) is 0 Å². The second kappa shape index (κ2) is 6.35. The van der Waals surface area contributed by atoms with Crippen LogP contribution in [0.15, 0.2) is 12.2 Å². The molecule has 0 amide bonds. The Labute approximate surface area is 112 Å². The van der Waals surface area contributed by atoms with E-state index in [4.69, 9.17) is 4.74 Å². The van der Waals surface area contributed by atoms with Gasteiger partial charge in [0.25, 0.3) is 0 Å². The molecule has 1 saturated carbocycles. The van der Waals surface area contributed by atoms with E-state index in [-0.39, 0.29) is 11.9 Å². The Morgan fingerprint density at radius 1 is 1.56 bits per heavy atom. The first-order valence-corrected chi connectivity index (χ1v) is 10.1. The molecule has 0 radical (unpaired) electrons. The molecule has 1 aliphatic rings. The highest BCUT2D eigenvalue weighted by atomic mass is 28.3. The summed E-state index contributed by atoms with van der Waals surface area (Å²) in [4.78, 5) is 11.0. The van der Waals surface area contributed by atoms with Crippen LogP contribution in [0.1, 0.15) is 26.2 Å². The Balaban J connectivity index is 2.39. The molecule has 0 unspecified atom stereocenters. The molecule has 0 aliphatic heterocycles. The lowest BCUT2D eigenvalue weighted by molar-refractivity contribution is -0.117. The number of ketones is 1. The van der Waals surface area contributed by atoms with Crippen LogP contribution in [0.4, 0.5) is 0 Å². The maximum absolute atomic E-state index is 11.0. The van der Waals surface area contributed by atoms with Gasteiger partial charge in [0.05, 0.1) is 6.10 Å². The van der Waals surface area contributed by atoms with Gasteiger partial charge < -0.3 is 9.53 Å². The summed E-state index contributed by atoms with van der Waals surface area (Å²) in [6.07, 6.45) is 2.57. The number of ether oxygens (including phenoxy) is 1. The number of carbonyl (C=O) groups excluding carboxylic acids is 1. The molecule has 0 aromatic carbocycles. The molecule has 1 aliphatic carbocycles. The summed E-state index contributed by atoms with van der Waals surface area (Å²) in [6, 6.07) is 0. The number of Topliss-reactive ketones (excluding diaryl/α,β-unsaturated/α-hetero) is 1. The number of rotatable bonds is 6. The predicted molar refractivity (Wildman–Crippen MR) is 78.0 cm³/mol. The summed E-state index contributed by atoms with van der Waals surface area (Å²) < 4.78 is 5.82. The monoisotopic (exact) mass is 264 g/mol. The van der Waals surface area contributed by atoms with Gasteiger partial charge in [0.2, 0.25) is 0 Å². The zero-order valence-corrected chi connectivity index (χ0v) is 13.0. The van der Waals surface area contributed by atoms with Gasteiger partial charge in [0, 0.05) is 12.3 Å². The topological polar surface area (TPSA) is 26.3 Å². The van der Waals surface area contributed by atoms with Gasteiger partial charge in [0.1, 0.15) is 20.5 Å². The first kappa shape index (κ1) is 15.2. The molecule has 1 rings (SSSR count). The Bertz CT molecular complexity index is 382. The summed E-state index contributed by atoms with van der Waals surface area (Å²) in [5, 5.41) is 0. The van der Waals surface area contributed by atoms with Crippen molar-refractivity contribution in [2.45, 2.75) is 51.9 Å². The quantitative estimate of drug-likeness (QED) is 0.418. The number of hydrogen-bond acceptors (Lipinski definition) is 2. The van der Waals surface area contributed by atoms with Crippen molar-refractivity contribution in [2.75, 3.05) is 6.61 Å². The van der Waals surface area contributed by atoms with E-state index in [1.54, 1.807) is 6.92 Å². The number of hydrogen-bond donors (Lipinski definition) is 0. The van der Waals surface area contributed by atoms with Crippen LogP contribution in [0.5, 0.6) is 0 Å². The highest BCUT2D eigenvalue weighted by Crippen LogP contribution is 2.41. The van der Waals surface area contributed by atoms with E-state index in [2.05, 4.69) is 37.7 Å². The van der Waals surface area contributed by atoms with E-state index in [1.807, 2.05) is 0 Å². The molecule has 0 spiro atoms. The highest BCUT2D eigenvalue weighted by molar-refractivity contribution is 6.83. The standard InChI is InChI=1S/C15H24O2Si/c1-12-11-14(12)15(8-7-13(2)16)17-9-6-10-18(3,4)5/h14-15H,1,7-9,11H2,2-5H3/t14-,15-/m1/s1. The first-order chi connectivity index (χ1) is 8.29. The van der Waals surface area contributed by atoms with Gasteiger partial charge in [0.15, 0.2) is 0 Å². The van der Waals surface area contributed by atoms with Gasteiger partial charge in [-0.2, -0.15) is 0 Å². The first-order valence-electron chi connectivity index (χ1n) is 6.58. The fourth-order valence-electron chi connectivity index (χ4n) is 1.81. The summed E-state index contributed by atoms with van der Waals surface area (Å²) in [6.45, 7) is 12.7. The van der Waals surface area contributed by atoms with Crippen LogP contribution >= 0.6 is 0 Å². The van der Waals surface area contributed by atoms with Crippen LogP contribution in [0.25, 0.3) is 0 Å². The summed E-state index contributed by atoms with van der Waals surface area (Å²) >= 11 is 0. The second-order valence-corrected chi connectivity index (χ2v) is 10.9. The third-order valence-electron chi connectivity index (χ3n) is 2.91. The van der Waals surface area contributed by atoms with E-state index in [1.165, 1.54) is 5.57 Å². The third-order valence-corrected chi connectivity index (χ3v) is 3.84. The molecular weight excluding hydrogens is 240 g/mol. The normalized spacial score (nSPS) is 20.0. The smallest absolute Gasteiger partial charge is 0.129 e. The van der Waals surface area contributed by atoms with Gasteiger partial charge >= 0.3 is 0 Å². The summed E-state index contributed by atoms with van der Waals surface area (Å²) in [5.74, 6) is 3.80. The summed E-state index contributed by atoms with van der Waals surface area (Å²) in [7, 11) is -1.30. The Kier molecular flexibility index (Phi) is 5.37. The minimum Gasteiger partial charge on any atom is -0.365 e. The molecular formula is C15H24O2Si. The van der Waals surface area contributed by atoms with Crippen LogP contribution in [-0.2, 0) is 9.53 Å². The van der Waals surface area contributed by atoms with Crippen molar-refractivity contribution in [2.24, 2.45) is 5.92 Å². The lowest BCUT2D eigenvalue weighted by Gasteiger charge is -2.14. The van der Waals surface area contributed by atoms with Crippen molar-refractivity contribution in [3.8, 4) is 11.5 Å². The Hall–Kier alpha value is -0.853. The lowest BCUT2D eigenvalue weighted by Crippen LogP contribution is -2.19. The molecule has 3 heteroatoms. The maximum atomic E-state index is 11.0. The SMILES string of the molecule is C=C1C[C@H]1[C@@H](CCC(C)=O)OCC#C[Si](C)(C)C. The fraction of sp³-hybridized carbons (Fsp3) is 0.667. The van der Waals surface area contributed by atoms with E-state index < -0.39 is 8.07 Å². The van der Waals surface area contributed by atoms with Gasteiger partial charge in [-0.15, -0.1) is 5.54 Å². The van der Waals surface area contributed by atoms with Crippen LogP contribution in [0, 0.1) is 17.4 Å². The largest absolute Gasteiger partial charge is 0.365 e. The zero-order valence-electron chi connectivity index (χ0n) is 12.0. The molecule has 2 atom stereocenters. The molecule has 0 aromatic heterocycles. The molecule has 0 heterocycles. The van der Waals surface area contributed by atoms with Crippen LogP contribution < -0.4 is 0 Å². The van der Waals surface area contributed by atoms with Crippen molar-refractivity contribution < 1.29 is 9.53 Å². The highest BCUT2D eigenvalue weighted by Gasteiger charge is 2.36. The molecule has 100 valence electrons. The zero-order chi connectivity index (χ0) is 13.8. The van der Waals surface area contributed by atoms with Gasteiger partial charge in [-0.25, -0.2) is 0 Å². The van der Waals surface area contributed by atoms with Gasteiger partial charge in [-0.3, -0.25) is 0 Å². The molecule has 18 heavy (non-hydrogen) atoms. The van der Waals surface area contributed by atoms with Crippen molar-refractivity contribution >= 4 is 13.9 Å². The minimum atomic E-state index is -1.30. The van der Waals surface area contributed by atoms with E-state index in [0.29, 0.717) is 18.9 Å². The van der Waals surface area contributed by atoms with Crippen molar-refractivity contribution in [1.29, 1.82) is 0 Å². The Morgan fingerprint density at radius 3 is 2.61 bits per heavy atom. The van der Waals surface area contributed by atoms with E-state index in [0.717, 1.165) is 12.8 Å². The third kappa shape index (κ3) is 6.18. The van der Waals surface area contributed by atoms with Crippen LogP contribution in [0.3, 0.4) is 0 Å². The maximum Gasteiger partial charge on any atom is 0.129 e. The molecule has 0 bridgehead atoms. The van der Waals surface area contributed by atoms with E-state index in [9.17, 15) is 4.79 Å².